The van der Waals surface area contributed by atoms with Crippen LogP contribution in [0, 0.1) is 0 Å². The highest BCUT2D eigenvalue weighted by Crippen LogP contribution is 2.30. The van der Waals surface area contributed by atoms with E-state index >= 15 is 0 Å². The molecule has 0 saturated carbocycles. The van der Waals surface area contributed by atoms with Gasteiger partial charge in [0.15, 0.2) is 18.1 Å². The predicted octanol–water partition coefficient (Wildman–Crippen LogP) is 2.94. The Hall–Kier alpha value is -3.35. The van der Waals surface area contributed by atoms with Crippen LogP contribution < -0.4 is 14.8 Å². The van der Waals surface area contributed by atoms with E-state index in [1.54, 1.807) is 13.1 Å². The highest BCUT2D eigenvalue weighted by atomic mass is 32.2. The number of aryl methyl sites for hydroxylation is 1. The van der Waals surface area contributed by atoms with E-state index in [9.17, 15) is 18.0 Å². The fourth-order valence-corrected chi connectivity index (χ4v) is 3.13. The summed E-state index contributed by atoms with van der Waals surface area (Å²) in [5.41, 5.74) is 0.0652. The lowest BCUT2D eigenvalue weighted by atomic mass is 10.2. The standard InChI is InChI=1S/C18H17F3N6O3S/c1-27-17(24-25-26-27)31-10-13-7-14(15(29-2)8-22-13)30-9-16(28)23-12-5-3-11(4-6-12)18(19,20)21/h3-8H,9-10H2,1-2H3,(H,23,28). The number of anilines is 1. The Balaban J connectivity index is 1.59. The summed E-state index contributed by atoms with van der Waals surface area (Å²) < 4.78 is 50.1. The summed E-state index contributed by atoms with van der Waals surface area (Å²) in [6.45, 7) is -0.374. The van der Waals surface area contributed by atoms with Crippen molar-refractivity contribution in [2.75, 3.05) is 19.0 Å². The Bertz CT molecular complexity index is 1040. The van der Waals surface area contributed by atoms with Crippen molar-refractivity contribution in [2.45, 2.75) is 17.1 Å². The van der Waals surface area contributed by atoms with E-state index < -0.39 is 17.6 Å². The number of aromatic nitrogens is 5. The molecule has 0 saturated heterocycles. The molecule has 9 nitrogen and oxygen atoms in total. The number of carbonyl (C=O) groups is 1. The topological polar surface area (TPSA) is 104 Å². The van der Waals surface area contributed by atoms with E-state index in [1.165, 1.54) is 41.9 Å². The zero-order chi connectivity index (χ0) is 22.4. The van der Waals surface area contributed by atoms with Crippen molar-refractivity contribution in [3.63, 3.8) is 0 Å². The Morgan fingerprint density at radius 3 is 2.58 bits per heavy atom. The van der Waals surface area contributed by atoms with Crippen molar-refractivity contribution in [1.82, 2.24) is 25.2 Å². The number of methoxy groups -OCH3 is 1. The van der Waals surface area contributed by atoms with Gasteiger partial charge in [0.1, 0.15) is 0 Å². The van der Waals surface area contributed by atoms with Crippen molar-refractivity contribution < 1.29 is 27.4 Å². The number of hydrogen-bond acceptors (Lipinski definition) is 8. The highest BCUT2D eigenvalue weighted by molar-refractivity contribution is 7.98. The first-order chi connectivity index (χ1) is 14.8. The lowest BCUT2D eigenvalue weighted by Crippen LogP contribution is -2.20. The fraction of sp³-hybridized carbons (Fsp3) is 0.278. The minimum absolute atomic E-state index is 0.220. The number of carbonyl (C=O) groups excluding carboxylic acids is 1. The second-order valence-electron chi connectivity index (χ2n) is 6.11. The van der Waals surface area contributed by atoms with Crippen LogP contribution in [0.4, 0.5) is 18.9 Å². The van der Waals surface area contributed by atoms with Crippen LogP contribution in [0.2, 0.25) is 0 Å². The summed E-state index contributed by atoms with van der Waals surface area (Å²) in [7, 11) is 3.15. The smallest absolute Gasteiger partial charge is 0.416 e. The van der Waals surface area contributed by atoms with E-state index in [0.717, 1.165) is 12.1 Å². The number of rotatable bonds is 8. The van der Waals surface area contributed by atoms with Crippen LogP contribution in [0.25, 0.3) is 0 Å². The molecular weight excluding hydrogens is 437 g/mol. The molecule has 1 N–H and O–H groups in total. The van der Waals surface area contributed by atoms with Crippen LogP contribution >= 0.6 is 11.8 Å². The van der Waals surface area contributed by atoms with E-state index in [4.69, 9.17) is 9.47 Å². The van der Waals surface area contributed by atoms with Gasteiger partial charge in [-0.3, -0.25) is 9.78 Å². The summed E-state index contributed by atoms with van der Waals surface area (Å²) in [5.74, 6) is 0.537. The Labute approximate surface area is 178 Å². The van der Waals surface area contributed by atoms with Gasteiger partial charge >= 0.3 is 6.18 Å². The molecule has 0 radical (unpaired) electrons. The van der Waals surface area contributed by atoms with Crippen LogP contribution in [-0.2, 0) is 23.8 Å². The van der Waals surface area contributed by atoms with E-state index in [2.05, 4.69) is 25.8 Å². The molecule has 164 valence electrons. The molecule has 31 heavy (non-hydrogen) atoms. The van der Waals surface area contributed by atoms with Gasteiger partial charge in [0, 0.05) is 24.6 Å². The van der Waals surface area contributed by atoms with Gasteiger partial charge in [-0.25, -0.2) is 4.68 Å². The summed E-state index contributed by atoms with van der Waals surface area (Å²) in [6.07, 6.45) is -2.98. The maximum atomic E-state index is 12.6. The average molecular weight is 454 g/mol. The summed E-state index contributed by atoms with van der Waals surface area (Å²) in [5, 5.41) is 14.3. The maximum Gasteiger partial charge on any atom is 0.416 e. The zero-order valence-electron chi connectivity index (χ0n) is 16.4. The van der Waals surface area contributed by atoms with E-state index in [1.807, 2.05) is 0 Å². The third kappa shape index (κ3) is 6.07. The number of halogens is 3. The number of benzene rings is 1. The lowest BCUT2D eigenvalue weighted by Gasteiger charge is -2.12. The van der Waals surface area contributed by atoms with Crippen molar-refractivity contribution >= 4 is 23.4 Å². The van der Waals surface area contributed by atoms with E-state index in [-0.39, 0.29) is 12.3 Å². The van der Waals surface area contributed by atoms with Crippen molar-refractivity contribution in [3.05, 3.63) is 47.8 Å². The van der Waals surface area contributed by atoms with Gasteiger partial charge in [0.05, 0.1) is 24.6 Å². The maximum absolute atomic E-state index is 12.6. The van der Waals surface area contributed by atoms with Crippen LogP contribution in [-0.4, -0.2) is 44.8 Å². The van der Waals surface area contributed by atoms with Crippen LogP contribution in [0.15, 0.2) is 41.7 Å². The van der Waals surface area contributed by atoms with Gasteiger partial charge in [-0.2, -0.15) is 13.2 Å². The number of pyridine rings is 1. The quantitative estimate of drug-likeness (QED) is 0.518. The Morgan fingerprint density at radius 2 is 1.97 bits per heavy atom. The zero-order valence-corrected chi connectivity index (χ0v) is 17.2. The van der Waals surface area contributed by atoms with Gasteiger partial charge in [-0.1, -0.05) is 11.8 Å². The van der Waals surface area contributed by atoms with Gasteiger partial charge < -0.3 is 14.8 Å². The third-order valence-corrected chi connectivity index (χ3v) is 4.94. The summed E-state index contributed by atoms with van der Waals surface area (Å²) in [4.78, 5) is 16.4. The molecule has 2 heterocycles. The molecule has 0 aliphatic carbocycles. The van der Waals surface area contributed by atoms with Gasteiger partial charge in [-0.15, -0.1) is 5.10 Å². The number of amides is 1. The molecular formula is C18H17F3N6O3S. The molecule has 0 fully saturated rings. The summed E-state index contributed by atoms with van der Waals surface area (Å²) >= 11 is 1.37. The first-order valence-corrected chi connectivity index (χ1v) is 9.73. The third-order valence-electron chi connectivity index (χ3n) is 3.89. The van der Waals surface area contributed by atoms with E-state index in [0.29, 0.717) is 28.1 Å². The number of nitrogens with zero attached hydrogens (tertiary/aromatic N) is 5. The normalized spacial score (nSPS) is 11.3. The molecule has 0 atom stereocenters. The lowest BCUT2D eigenvalue weighted by molar-refractivity contribution is -0.137. The first kappa shape index (κ1) is 22.3. The van der Waals surface area contributed by atoms with Gasteiger partial charge in [-0.05, 0) is 34.7 Å². The molecule has 1 amide bonds. The number of thioether (sulfide) groups is 1. The fourth-order valence-electron chi connectivity index (χ4n) is 2.37. The Morgan fingerprint density at radius 1 is 1.23 bits per heavy atom. The van der Waals surface area contributed by atoms with Crippen molar-refractivity contribution in [3.8, 4) is 11.5 Å². The second-order valence-corrected chi connectivity index (χ2v) is 7.05. The van der Waals surface area contributed by atoms with Crippen LogP contribution in [0.3, 0.4) is 0 Å². The molecule has 3 aromatic rings. The molecule has 3 rings (SSSR count). The molecule has 2 aromatic heterocycles. The predicted molar refractivity (Wildman–Crippen MR) is 105 cm³/mol. The average Bonchev–Trinajstić information content (AvgIpc) is 3.15. The number of ether oxygens (including phenoxy) is 2. The van der Waals surface area contributed by atoms with Crippen LogP contribution in [0.1, 0.15) is 11.3 Å². The molecule has 1 aromatic carbocycles. The minimum atomic E-state index is -4.44. The Kier molecular flexibility index (Phi) is 6.95. The first-order valence-electron chi connectivity index (χ1n) is 8.74. The number of alkyl halides is 3. The SMILES string of the molecule is COc1cnc(CSc2nnnn2C)cc1OCC(=O)Nc1ccc(C(F)(F)F)cc1. The number of hydrogen-bond donors (Lipinski definition) is 1. The van der Waals surface area contributed by atoms with Crippen molar-refractivity contribution in [1.29, 1.82) is 0 Å². The van der Waals surface area contributed by atoms with Crippen molar-refractivity contribution in [2.24, 2.45) is 7.05 Å². The molecule has 13 heteroatoms. The number of tetrazole rings is 1. The minimum Gasteiger partial charge on any atom is -0.491 e. The highest BCUT2D eigenvalue weighted by Gasteiger charge is 2.30. The number of nitrogens with one attached hydrogen (secondary N) is 1. The largest absolute Gasteiger partial charge is 0.491 e. The molecule has 0 spiro atoms. The monoisotopic (exact) mass is 454 g/mol. The van der Waals surface area contributed by atoms with Gasteiger partial charge in [0.25, 0.3) is 5.91 Å². The molecule has 0 aliphatic heterocycles. The molecule has 0 unspecified atom stereocenters. The molecule has 0 bridgehead atoms. The van der Waals surface area contributed by atoms with Crippen LogP contribution in [0.5, 0.6) is 11.5 Å². The second kappa shape index (κ2) is 9.64. The summed E-state index contributed by atoms with van der Waals surface area (Å²) in [6, 6.07) is 5.74. The molecule has 0 aliphatic rings. The van der Waals surface area contributed by atoms with Gasteiger partial charge in [0.2, 0.25) is 5.16 Å².